The number of methoxy groups -OCH3 is 1. The standard InChI is InChI=1S/C10H16N2O6/c1-12(4-6(13)5-17-2)9(14)8-3-7(10(15)16)11-18-8/h6,8,13H,3-5H2,1-2H3,(H,15,16). The predicted molar refractivity (Wildman–Crippen MR) is 60.1 cm³/mol. The zero-order valence-electron chi connectivity index (χ0n) is 10.2. The van der Waals surface area contributed by atoms with Crippen LogP contribution in [0.1, 0.15) is 6.42 Å². The Balaban J connectivity index is 2.44. The van der Waals surface area contributed by atoms with Crippen molar-refractivity contribution in [2.24, 2.45) is 5.16 Å². The average Bonchev–Trinajstić information content (AvgIpc) is 2.77. The summed E-state index contributed by atoms with van der Waals surface area (Å²) in [6.45, 7) is 0.189. The van der Waals surface area contributed by atoms with Gasteiger partial charge in [0.1, 0.15) is 0 Å². The van der Waals surface area contributed by atoms with E-state index in [9.17, 15) is 14.7 Å². The van der Waals surface area contributed by atoms with Crippen molar-refractivity contribution in [3.05, 3.63) is 0 Å². The van der Waals surface area contributed by atoms with Crippen molar-refractivity contribution < 1.29 is 29.4 Å². The van der Waals surface area contributed by atoms with Crippen LogP contribution in [0, 0.1) is 0 Å². The van der Waals surface area contributed by atoms with Gasteiger partial charge in [-0.3, -0.25) is 4.79 Å². The highest BCUT2D eigenvalue weighted by Crippen LogP contribution is 2.13. The summed E-state index contributed by atoms with van der Waals surface area (Å²) in [5, 5.41) is 21.5. The number of ether oxygens (including phenoxy) is 1. The van der Waals surface area contributed by atoms with Gasteiger partial charge in [-0.2, -0.15) is 0 Å². The van der Waals surface area contributed by atoms with Crippen molar-refractivity contribution in [1.29, 1.82) is 0 Å². The molecule has 2 N–H and O–H groups in total. The number of hydrogen-bond donors (Lipinski definition) is 2. The second-order valence-electron chi connectivity index (χ2n) is 3.97. The fraction of sp³-hybridized carbons (Fsp3) is 0.700. The zero-order valence-corrected chi connectivity index (χ0v) is 10.2. The maximum absolute atomic E-state index is 11.8. The van der Waals surface area contributed by atoms with Gasteiger partial charge in [-0.1, -0.05) is 5.16 Å². The van der Waals surface area contributed by atoms with Crippen molar-refractivity contribution in [3.63, 3.8) is 0 Å². The fourth-order valence-corrected chi connectivity index (χ4v) is 1.53. The number of amides is 1. The number of oxime groups is 1. The number of likely N-dealkylation sites (N-methyl/N-ethyl adjacent to an activating group) is 1. The maximum Gasteiger partial charge on any atom is 0.353 e. The Morgan fingerprint density at radius 2 is 2.33 bits per heavy atom. The molecule has 8 heteroatoms. The molecule has 0 spiro atoms. The lowest BCUT2D eigenvalue weighted by atomic mass is 10.1. The van der Waals surface area contributed by atoms with E-state index in [4.69, 9.17) is 14.7 Å². The molecule has 2 unspecified atom stereocenters. The number of carbonyl (C=O) groups excluding carboxylic acids is 1. The highest BCUT2D eigenvalue weighted by atomic mass is 16.6. The van der Waals surface area contributed by atoms with Crippen molar-refractivity contribution in [2.45, 2.75) is 18.6 Å². The summed E-state index contributed by atoms with van der Waals surface area (Å²) >= 11 is 0. The molecule has 2 atom stereocenters. The molecule has 102 valence electrons. The number of aliphatic carboxylic acids is 1. The zero-order chi connectivity index (χ0) is 13.7. The summed E-state index contributed by atoms with van der Waals surface area (Å²) in [5.74, 6) is -1.63. The van der Waals surface area contributed by atoms with Gasteiger partial charge >= 0.3 is 5.97 Å². The van der Waals surface area contributed by atoms with Gasteiger partial charge in [-0.15, -0.1) is 0 Å². The van der Waals surface area contributed by atoms with Gasteiger partial charge < -0.3 is 24.7 Å². The number of aliphatic hydroxyl groups excluding tert-OH is 1. The van der Waals surface area contributed by atoms with E-state index in [2.05, 4.69) is 5.16 Å². The lowest BCUT2D eigenvalue weighted by Crippen LogP contribution is -2.42. The number of rotatable bonds is 6. The number of hydrogen-bond acceptors (Lipinski definition) is 6. The Labute approximate surface area is 104 Å². The fourth-order valence-electron chi connectivity index (χ4n) is 1.53. The van der Waals surface area contributed by atoms with Crippen LogP contribution in [-0.4, -0.2) is 72.2 Å². The van der Waals surface area contributed by atoms with Crippen LogP contribution in [0.5, 0.6) is 0 Å². The lowest BCUT2D eigenvalue weighted by molar-refractivity contribution is -0.142. The van der Waals surface area contributed by atoms with E-state index < -0.39 is 24.1 Å². The third-order valence-electron chi connectivity index (χ3n) is 2.41. The van der Waals surface area contributed by atoms with Gasteiger partial charge in [0, 0.05) is 27.1 Å². The van der Waals surface area contributed by atoms with Crippen LogP contribution in [0.15, 0.2) is 5.16 Å². The number of nitrogens with zero attached hydrogens (tertiary/aromatic N) is 2. The molecule has 1 aliphatic rings. The second kappa shape index (κ2) is 6.31. The van der Waals surface area contributed by atoms with E-state index in [1.807, 2.05) is 0 Å². The molecule has 0 aromatic heterocycles. The van der Waals surface area contributed by atoms with E-state index in [0.29, 0.717) is 0 Å². The minimum Gasteiger partial charge on any atom is -0.477 e. The molecular weight excluding hydrogens is 244 g/mol. The second-order valence-corrected chi connectivity index (χ2v) is 3.97. The van der Waals surface area contributed by atoms with Crippen molar-refractivity contribution in [2.75, 3.05) is 27.3 Å². The molecule has 0 bridgehead atoms. The van der Waals surface area contributed by atoms with Crippen LogP contribution in [0.3, 0.4) is 0 Å². The van der Waals surface area contributed by atoms with Crippen molar-refractivity contribution in [1.82, 2.24) is 4.90 Å². The Morgan fingerprint density at radius 3 is 2.83 bits per heavy atom. The van der Waals surface area contributed by atoms with Gasteiger partial charge in [-0.25, -0.2) is 4.79 Å². The molecule has 1 amide bonds. The predicted octanol–water partition coefficient (Wildman–Crippen LogP) is -1.32. The summed E-state index contributed by atoms with van der Waals surface area (Å²) in [7, 11) is 2.93. The van der Waals surface area contributed by atoms with Gasteiger partial charge in [0.15, 0.2) is 5.71 Å². The quantitative estimate of drug-likeness (QED) is 0.613. The minimum absolute atomic E-state index is 0.0706. The Hall–Kier alpha value is -1.67. The molecule has 1 aliphatic heterocycles. The molecule has 0 aromatic carbocycles. The molecule has 18 heavy (non-hydrogen) atoms. The first-order valence-corrected chi connectivity index (χ1v) is 5.33. The minimum atomic E-state index is -1.20. The third-order valence-corrected chi connectivity index (χ3v) is 2.41. The van der Waals surface area contributed by atoms with Crippen molar-refractivity contribution in [3.8, 4) is 0 Å². The van der Waals surface area contributed by atoms with Crippen LogP contribution in [0.4, 0.5) is 0 Å². The summed E-state index contributed by atoms with van der Waals surface area (Å²) in [6, 6.07) is 0. The van der Waals surface area contributed by atoms with E-state index >= 15 is 0 Å². The highest BCUT2D eigenvalue weighted by molar-refractivity contribution is 6.36. The summed E-state index contributed by atoms with van der Waals surface area (Å²) in [5.41, 5.74) is -0.181. The smallest absolute Gasteiger partial charge is 0.353 e. The molecule has 8 nitrogen and oxygen atoms in total. The monoisotopic (exact) mass is 260 g/mol. The summed E-state index contributed by atoms with van der Waals surface area (Å²) < 4.78 is 4.74. The highest BCUT2D eigenvalue weighted by Gasteiger charge is 2.33. The molecule has 0 saturated carbocycles. The maximum atomic E-state index is 11.8. The number of carbonyl (C=O) groups is 2. The first kappa shape index (κ1) is 14.4. The third kappa shape index (κ3) is 3.67. The topological polar surface area (TPSA) is 109 Å². The number of carboxylic acid groups (broad SMARTS) is 1. The molecule has 1 rings (SSSR count). The van der Waals surface area contributed by atoms with E-state index in [1.54, 1.807) is 0 Å². The molecule has 0 radical (unpaired) electrons. The largest absolute Gasteiger partial charge is 0.477 e. The van der Waals surface area contributed by atoms with Crippen LogP contribution < -0.4 is 0 Å². The lowest BCUT2D eigenvalue weighted by Gasteiger charge is -2.22. The number of aliphatic hydroxyl groups is 1. The number of carboxylic acids is 1. The first-order chi connectivity index (χ1) is 8.45. The van der Waals surface area contributed by atoms with Crippen LogP contribution in [-0.2, 0) is 19.2 Å². The van der Waals surface area contributed by atoms with Gasteiger partial charge in [0.05, 0.1) is 12.7 Å². The Bertz CT molecular complexity index is 356. The molecular formula is C10H16N2O6. The van der Waals surface area contributed by atoms with Gasteiger partial charge in [0.2, 0.25) is 6.10 Å². The SMILES string of the molecule is COCC(O)CN(C)C(=O)C1CC(C(=O)O)=NO1. The molecule has 0 saturated heterocycles. The molecule has 0 aliphatic carbocycles. The Kier molecular flexibility index (Phi) is 5.05. The first-order valence-electron chi connectivity index (χ1n) is 5.33. The van der Waals surface area contributed by atoms with E-state index in [-0.39, 0.29) is 25.3 Å². The molecule has 1 heterocycles. The van der Waals surface area contributed by atoms with Gasteiger partial charge in [0.25, 0.3) is 5.91 Å². The Morgan fingerprint density at radius 1 is 1.67 bits per heavy atom. The molecule has 0 fully saturated rings. The van der Waals surface area contributed by atoms with Crippen molar-refractivity contribution >= 4 is 17.6 Å². The van der Waals surface area contributed by atoms with Crippen LogP contribution >= 0.6 is 0 Å². The van der Waals surface area contributed by atoms with Crippen LogP contribution in [0.2, 0.25) is 0 Å². The summed E-state index contributed by atoms with van der Waals surface area (Å²) in [4.78, 5) is 28.5. The van der Waals surface area contributed by atoms with Gasteiger partial charge in [-0.05, 0) is 0 Å². The normalized spacial score (nSPS) is 19.9. The van der Waals surface area contributed by atoms with E-state index in [0.717, 1.165) is 0 Å². The molecule has 0 aromatic rings. The average molecular weight is 260 g/mol. The summed E-state index contributed by atoms with van der Waals surface area (Å²) in [6.07, 6.45) is -1.81. The van der Waals surface area contributed by atoms with E-state index in [1.165, 1.54) is 19.1 Å². The van der Waals surface area contributed by atoms with Crippen LogP contribution in [0.25, 0.3) is 0 Å².